The molecule has 0 saturated carbocycles. The van der Waals surface area contributed by atoms with Crippen molar-refractivity contribution in [1.29, 1.82) is 0 Å². The van der Waals surface area contributed by atoms with Crippen LogP contribution in [-0.4, -0.2) is 51.4 Å². The Balaban J connectivity index is 1.94. The molecule has 1 aromatic carbocycles. The number of rotatable bonds is 4. The number of aliphatic hydroxyl groups excluding tert-OH is 1. The number of carbonyl (C=O) groups is 2. The molecule has 5 nitrogen and oxygen atoms in total. The number of likely N-dealkylation sites (tertiary alicyclic amines) is 1. The maximum Gasteiger partial charge on any atom is 0.326 e. The first-order valence-corrected chi connectivity index (χ1v) is 7.35. The van der Waals surface area contributed by atoms with Crippen LogP contribution in [0.4, 0.5) is 0 Å². The number of hydrogen-bond donors (Lipinski definition) is 2. The number of amides is 1. The third kappa shape index (κ3) is 3.52. The van der Waals surface area contributed by atoms with Crippen molar-refractivity contribution in [2.24, 2.45) is 0 Å². The van der Waals surface area contributed by atoms with E-state index < -0.39 is 18.1 Å². The van der Waals surface area contributed by atoms with E-state index in [0.29, 0.717) is 0 Å². The Morgan fingerprint density at radius 3 is 2.60 bits per heavy atom. The third-order valence-electron chi connectivity index (χ3n) is 3.27. The number of carbonyl (C=O) groups excluding carboxylic acids is 1. The van der Waals surface area contributed by atoms with Gasteiger partial charge in [-0.15, -0.1) is 11.8 Å². The molecule has 0 spiro atoms. The summed E-state index contributed by atoms with van der Waals surface area (Å²) in [5, 5.41) is 18.6. The van der Waals surface area contributed by atoms with E-state index in [9.17, 15) is 14.7 Å². The number of carboxylic acids is 1. The van der Waals surface area contributed by atoms with Crippen molar-refractivity contribution in [3.63, 3.8) is 0 Å². The predicted molar refractivity (Wildman–Crippen MR) is 75.7 cm³/mol. The molecule has 2 atom stereocenters. The Labute approximate surface area is 121 Å². The molecular weight excluding hydrogens is 278 g/mol. The molecule has 0 bridgehead atoms. The molecule has 1 saturated heterocycles. The van der Waals surface area contributed by atoms with Crippen LogP contribution < -0.4 is 0 Å². The Bertz CT molecular complexity index is 502. The van der Waals surface area contributed by atoms with Crippen LogP contribution in [0, 0.1) is 6.92 Å². The van der Waals surface area contributed by atoms with E-state index in [1.54, 1.807) is 0 Å². The molecule has 0 aliphatic carbocycles. The average molecular weight is 295 g/mol. The van der Waals surface area contributed by atoms with Gasteiger partial charge >= 0.3 is 5.97 Å². The molecular formula is C14H17NO4S. The summed E-state index contributed by atoms with van der Waals surface area (Å²) >= 11 is 1.37. The highest BCUT2D eigenvalue weighted by atomic mass is 32.2. The fourth-order valence-corrected chi connectivity index (χ4v) is 2.97. The number of hydrogen-bond acceptors (Lipinski definition) is 4. The summed E-state index contributed by atoms with van der Waals surface area (Å²) < 4.78 is 0. The van der Waals surface area contributed by atoms with Gasteiger partial charge in [0, 0.05) is 17.9 Å². The Morgan fingerprint density at radius 1 is 1.35 bits per heavy atom. The Kier molecular flexibility index (Phi) is 4.67. The monoisotopic (exact) mass is 295 g/mol. The van der Waals surface area contributed by atoms with Crippen molar-refractivity contribution in [1.82, 2.24) is 4.90 Å². The van der Waals surface area contributed by atoms with Gasteiger partial charge in [0.2, 0.25) is 5.91 Å². The van der Waals surface area contributed by atoms with E-state index >= 15 is 0 Å². The number of aliphatic carboxylic acids is 1. The number of aliphatic hydroxyl groups is 1. The fourth-order valence-electron chi connectivity index (χ4n) is 2.19. The molecule has 1 amide bonds. The number of benzene rings is 1. The third-order valence-corrected chi connectivity index (χ3v) is 4.26. The summed E-state index contributed by atoms with van der Waals surface area (Å²) in [5.74, 6) is -1.13. The molecule has 1 fully saturated rings. The number of carboxylic acid groups (broad SMARTS) is 1. The van der Waals surface area contributed by atoms with E-state index in [-0.39, 0.29) is 24.6 Å². The molecule has 1 heterocycles. The second-order valence-electron chi connectivity index (χ2n) is 4.89. The van der Waals surface area contributed by atoms with Crippen LogP contribution in [0.1, 0.15) is 12.0 Å². The van der Waals surface area contributed by atoms with Crippen molar-refractivity contribution in [3.05, 3.63) is 29.8 Å². The van der Waals surface area contributed by atoms with E-state index in [1.807, 2.05) is 31.2 Å². The molecule has 20 heavy (non-hydrogen) atoms. The number of aryl methyl sites for hydroxylation is 1. The van der Waals surface area contributed by atoms with Gasteiger partial charge in [0.25, 0.3) is 0 Å². The SMILES string of the molecule is Cc1ccc(SCC(=O)N2CC(O)CC2C(=O)O)cc1. The molecule has 1 aliphatic heterocycles. The van der Waals surface area contributed by atoms with Crippen LogP contribution in [0.2, 0.25) is 0 Å². The van der Waals surface area contributed by atoms with Gasteiger partial charge in [-0.3, -0.25) is 4.79 Å². The minimum absolute atomic E-state index is 0.101. The highest BCUT2D eigenvalue weighted by Gasteiger charge is 2.38. The molecule has 1 aromatic rings. The van der Waals surface area contributed by atoms with E-state index in [1.165, 1.54) is 16.7 Å². The molecule has 2 rings (SSSR count). The average Bonchev–Trinajstić information content (AvgIpc) is 2.80. The lowest BCUT2D eigenvalue weighted by Gasteiger charge is -2.20. The molecule has 1 aliphatic rings. The first-order valence-electron chi connectivity index (χ1n) is 6.37. The van der Waals surface area contributed by atoms with Gasteiger partial charge in [-0.2, -0.15) is 0 Å². The van der Waals surface area contributed by atoms with Crippen LogP contribution >= 0.6 is 11.8 Å². The largest absolute Gasteiger partial charge is 0.480 e. The summed E-state index contributed by atoms with van der Waals surface area (Å²) in [6.07, 6.45) is -0.638. The van der Waals surface area contributed by atoms with Crippen molar-refractivity contribution in [3.8, 4) is 0 Å². The number of β-amino-alcohol motifs (C(OH)–C–C–N with tert-alkyl or cyclic N) is 1. The molecule has 0 aromatic heterocycles. The van der Waals surface area contributed by atoms with Gasteiger partial charge in [-0.25, -0.2) is 4.79 Å². The van der Waals surface area contributed by atoms with E-state index in [4.69, 9.17) is 5.11 Å². The predicted octanol–water partition coefficient (Wildman–Crippen LogP) is 1.13. The van der Waals surface area contributed by atoms with Gasteiger partial charge in [-0.1, -0.05) is 17.7 Å². The Morgan fingerprint density at radius 2 is 2.00 bits per heavy atom. The molecule has 2 unspecified atom stereocenters. The van der Waals surface area contributed by atoms with Crippen molar-refractivity contribution in [2.75, 3.05) is 12.3 Å². The lowest BCUT2D eigenvalue weighted by atomic mass is 10.2. The topological polar surface area (TPSA) is 77.8 Å². The maximum atomic E-state index is 12.1. The molecule has 2 N–H and O–H groups in total. The fraction of sp³-hybridized carbons (Fsp3) is 0.429. The second kappa shape index (κ2) is 6.28. The van der Waals surface area contributed by atoms with Crippen LogP contribution in [0.3, 0.4) is 0 Å². The zero-order chi connectivity index (χ0) is 14.7. The maximum absolute atomic E-state index is 12.1. The number of thioether (sulfide) groups is 1. The van der Waals surface area contributed by atoms with Crippen LogP contribution in [0.15, 0.2) is 29.2 Å². The van der Waals surface area contributed by atoms with Crippen molar-refractivity contribution in [2.45, 2.75) is 30.4 Å². The van der Waals surface area contributed by atoms with Gasteiger partial charge in [0.05, 0.1) is 11.9 Å². The summed E-state index contributed by atoms with van der Waals surface area (Å²) in [7, 11) is 0. The zero-order valence-electron chi connectivity index (χ0n) is 11.2. The second-order valence-corrected chi connectivity index (χ2v) is 5.94. The van der Waals surface area contributed by atoms with Crippen molar-refractivity contribution >= 4 is 23.6 Å². The summed E-state index contributed by atoms with van der Waals surface area (Å²) in [6.45, 7) is 2.09. The van der Waals surface area contributed by atoms with Crippen LogP contribution in [-0.2, 0) is 9.59 Å². The highest BCUT2D eigenvalue weighted by molar-refractivity contribution is 8.00. The van der Waals surface area contributed by atoms with Gasteiger partial charge < -0.3 is 15.1 Å². The summed E-state index contributed by atoms with van der Waals surface area (Å²) in [6, 6.07) is 6.89. The standard InChI is InChI=1S/C14H17NO4S/c1-9-2-4-11(5-3-9)20-8-13(17)15-7-10(16)6-12(15)14(18)19/h2-5,10,12,16H,6-8H2,1H3,(H,18,19). The lowest BCUT2D eigenvalue weighted by Crippen LogP contribution is -2.41. The first-order chi connectivity index (χ1) is 9.47. The first kappa shape index (κ1) is 14.9. The lowest BCUT2D eigenvalue weighted by molar-refractivity contribution is -0.147. The van der Waals surface area contributed by atoms with Crippen LogP contribution in [0.25, 0.3) is 0 Å². The van der Waals surface area contributed by atoms with E-state index in [0.717, 1.165) is 10.5 Å². The smallest absolute Gasteiger partial charge is 0.326 e. The Hall–Kier alpha value is -1.53. The van der Waals surface area contributed by atoms with Gasteiger partial charge in [-0.05, 0) is 19.1 Å². The quantitative estimate of drug-likeness (QED) is 0.814. The van der Waals surface area contributed by atoms with Gasteiger partial charge in [0.1, 0.15) is 6.04 Å². The zero-order valence-corrected chi connectivity index (χ0v) is 12.0. The minimum Gasteiger partial charge on any atom is -0.480 e. The summed E-state index contributed by atoms with van der Waals surface area (Å²) in [5.41, 5.74) is 1.15. The molecule has 0 radical (unpaired) electrons. The van der Waals surface area contributed by atoms with E-state index in [2.05, 4.69) is 0 Å². The summed E-state index contributed by atoms with van der Waals surface area (Å²) in [4.78, 5) is 25.4. The van der Waals surface area contributed by atoms with Crippen molar-refractivity contribution < 1.29 is 19.8 Å². The minimum atomic E-state index is -1.06. The normalized spacial score (nSPS) is 22.0. The van der Waals surface area contributed by atoms with Gasteiger partial charge in [0.15, 0.2) is 0 Å². The van der Waals surface area contributed by atoms with Crippen LogP contribution in [0.5, 0.6) is 0 Å². The molecule has 108 valence electrons. The number of nitrogens with zero attached hydrogens (tertiary/aromatic N) is 1. The highest BCUT2D eigenvalue weighted by Crippen LogP contribution is 2.23. The molecule has 6 heteroatoms.